The Morgan fingerprint density at radius 2 is 2.00 bits per heavy atom. The number of ketones is 1. The van der Waals surface area contributed by atoms with Gasteiger partial charge in [-0.05, 0) is 6.92 Å². The molecule has 62 valence electrons. The average molecular weight is 157 g/mol. The van der Waals surface area contributed by atoms with Crippen molar-refractivity contribution in [3.8, 4) is 0 Å². The van der Waals surface area contributed by atoms with Crippen LogP contribution in [0.15, 0.2) is 0 Å². The third kappa shape index (κ3) is 4.25. The molecule has 4 heteroatoms. The van der Waals surface area contributed by atoms with Gasteiger partial charge in [0.15, 0.2) is 5.78 Å². The molecular weight excluding hydrogens is 146 g/mol. The molecule has 0 aromatic heterocycles. The molecule has 0 aliphatic carbocycles. The monoisotopic (exact) mass is 157 g/mol. The van der Waals surface area contributed by atoms with Crippen LogP contribution in [-0.4, -0.2) is 24.0 Å². The third-order valence-electron chi connectivity index (χ3n) is 1.20. The van der Waals surface area contributed by atoms with Crippen LogP contribution in [0.3, 0.4) is 0 Å². The highest BCUT2D eigenvalue weighted by Gasteiger charge is 2.13. The molecule has 0 radical (unpaired) electrons. The Morgan fingerprint density at radius 3 is 2.27 bits per heavy atom. The number of hydrogen-bond acceptors (Lipinski definition) is 3. The van der Waals surface area contributed by atoms with Gasteiger partial charge in [0.1, 0.15) is 6.29 Å². The maximum atomic E-state index is 10.7. The predicted octanol–water partition coefficient (Wildman–Crippen LogP) is -0.331. The first-order valence-corrected chi connectivity index (χ1v) is 3.29. The second-order valence-corrected chi connectivity index (χ2v) is 2.27. The minimum Gasteiger partial charge on any atom is -0.346 e. The fourth-order valence-corrected chi connectivity index (χ4v) is 0.668. The topological polar surface area (TPSA) is 63.2 Å². The molecule has 0 aromatic carbocycles. The molecule has 0 unspecified atom stereocenters. The van der Waals surface area contributed by atoms with E-state index in [9.17, 15) is 14.4 Å². The van der Waals surface area contributed by atoms with Gasteiger partial charge in [-0.25, -0.2) is 0 Å². The number of nitrogens with one attached hydrogen (secondary N) is 1. The number of Topliss-reactive ketones (excluding diaryl/α,β-unsaturated/α-hetero) is 1. The van der Waals surface area contributed by atoms with Gasteiger partial charge in [-0.3, -0.25) is 9.59 Å². The highest BCUT2D eigenvalue weighted by atomic mass is 16.2. The third-order valence-corrected chi connectivity index (χ3v) is 1.20. The minimum atomic E-state index is -0.648. The van der Waals surface area contributed by atoms with E-state index in [1.165, 1.54) is 13.8 Å². The predicted molar refractivity (Wildman–Crippen MR) is 39.0 cm³/mol. The zero-order valence-corrected chi connectivity index (χ0v) is 6.59. The van der Waals surface area contributed by atoms with Gasteiger partial charge in [-0.2, -0.15) is 0 Å². The second kappa shape index (κ2) is 4.60. The maximum absolute atomic E-state index is 10.7. The molecule has 0 bridgehead atoms. The summed E-state index contributed by atoms with van der Waals surface area (Å²) in [6, 6.07) is -0.648. The molecule has 0 rings (SSSR count). The SMILES string of the molecule is CC(=O)N[C@H](CC=O)C(C)=O. The highest BCUT2D eigenvalue weighted by Crippen LogP contribution is 1.89. The lowest BCUT2D eigenvalue weighted by atomic mass is 10.1. The van der Waals surface area contributed by atoms with Crippen LogP contribution in [-0.2, 0) is 14.4 Å². The van der Waals surface area contributed by atoms with Gasteiger partial charge < -0.3 is 10.1 Å². The lowest BCUT2D eigenvalue weighted by Crippen LogP contribution is -2.38. The first-order valence-electron chi connectivity index (χ1n) is 3.29. The lowest BCUT2D eigenvalue weighted by molar-refractivity contribution is -0.126. The summed E-state index contributed by atoms with van der Waals surface area (Å²) in [6.45, 7) is 2.64. The number of carbonyl (C=O) groups excluding carboxylic acids is 3. The molecule has 4 nitrogen and oxygen atoms in total. The summed E-state index contributed by atoms with van der Waals surface area (Å²) < 4.78 is 0. The molecule has 0 aliphatic heterocycles. The molecule has 1 N–H and O–H groups in total. The number of rotatable bonds is 4. The summed E-state index contributed by atoms with van der Waals surface area (Å²) >= 11 is 0. The van der Waals surface area contributed by atoms with Crippen molar-refractivity contribution in [1.29, 1.82) is 0 Å². The van der Waals surface area contributed by atoms with E-state index >= 15 is 0 Å². The van der Waals surface area contributed by atoms with Crippen LogP contribution in [0.2, 0.25) is 0 Å². The van der Waals surface area contributed by atoms with Gasteiger partial charge in [0.05, 0.1) is 6.04 Å². The smallest absolute Gasteiger partial charge is 0.217 e. The van der Waals surface area contributed by atoms with Crippen molar-refractivity contribution in [2.45, 2.75) is 26.3 Å². The van der Waals surface area contributed by atoms with Crippen molar-refractivity contribution < 1.29 is 14.4 Å². The Morgan fingerprint density at radius 1 is 1.45 bits per heavy atom. The van der Waals surface area contributed by atoms with Crippen molar-refractivity contribution in [2.24, 2.45) is 0 Å². The van der Waals surface area contributed by atoms with E-state index in [0.717, 1.165) is 0 Å². The van der Waals surface area contributed by atoms with E-state index < -0.39 is 6.04 Å². The lowest BCUT2D eigenvalue weighted by Gasteiger charge is -2.10. The summed E-state index contributed by atoms with van der Waals surface area (Å²) in [6.07, 6.45) is 0.664. The molecule has 0 aromatic rings. The summed E-state index contributed by atoms with van der Waals surface area (Å²) in [5, 5.41) is 2.36. The summed E-state index contributed by atoms with van der Waals surface area (Å²) in [5.74, 6) is -0.501. The van der Waals surface area contributed by atoms with Gasteiger partial charge >= 0.3 is 0 Å². The van der Waals surface area contributed by atoms with Crippen LogP contribution in [0, 0.1) is 0 Å². The van der Waals surface area contributed by atoms with E-state index in [4.69, 9.17) is 0 Å². The van der Waals surface area contributed by atoms with E-state index in [1.807, 2.05) is 0 Å². The van der Waals surface area contributed by atoms with Gasteiger partial charge in [0.25, 0.3) is 0 Å². The van der Waals surface area contributed by atoms with E-state index in [0.29, 0.717) is 6.29 Å². The van der Waals surface area contributed by atoms with Gasteiger partial charge in [-0.15, -0.1) is 0 Å². The molecule has 0 fully saturated rings. The van der Waals surface area contributed by atoms with Crippen LogP contribution in [0.5, 0.6) is 0 Å². The first-order chi connectivity index (χ1) is 5.07. The first kappa shape index (κ1) is 9.81. The van der Waals surface area contributed by atoms with Crippen molar-refractivity contribution in [1.82, 2.24) is 5.32 Å². The van der Waals surface area contributed by atoms with Crippen molar-refractivity contribution >= 4 is 18.0 Å². The Labute approximate surface area is 65.0 Å². The van der Waals surface area contributed by atoms with Crippen LogP contribution >= 0.6 is 0 Å². The van der Waals surface area contributed by atoms with Gasteiger partial charge in [-0.1, -0.05) is 0 Å². The number of amides is 1. The largest absolute Gasteiger partial charge is 0.346 e. The van der Waals surface area contributed by atoms with Crippen LogP contribution in [0.4, 0.5) is 0 Å². The maximum Gasteiger partial charge on any atom is 0.217 e. The Bertz CT molecular complexity index is 177. The fraction of sp³-hybridized carbons (Fsp3) is 0.571. The zero-order chi connectivity index (χ0) is 8.85. The molecule has 0 saturated heterocycles. The normalized spacial score (nSPS) is 11.8. The Balaban J connectivity index is 3.99. The summed E-state index contributed by atoms with van der Waals surface area (Å²) in [7, 11) is 0. The standard InChI is InChI=1S/C7H11NO3/c1-5(10)7(3-4-9)8-6(2)11/h4,7H,3H2,1-2H3,(H,8,11)/t7-/m1/s1. The molecule has 0 spiro atoms. The summed E-state index contributed by atoms with van der Waals surface area (Å²) in [5.41, 5.74) is 0. The van der Waals surface area contributed by atoms with Crippen molar-refractivity contribution in [3.05, 3.63) is 0 Å². The van der Waals surface area contributed by atoms with Gasteiger partial charge in [0.2, 0.25) is 5.91 Å². The van der Waals surface area contributed by atoms with Crippen LogP contribution in [0.25, 0.3) is 0 Å². The molecule has 1 atom stereocenters. The zero-order valence-electron chi connectivity index (χ0n) is 6.59. The van der Waals surface area contributed by atoms with Gasteiger partial charge in [0, 0.05) is 13.3 Å². The molecular formula is C7H11NO3. The van der Waals surface area contributed by atoms with Crippen molar-refractivity contribution in [2.75, 3.05) is 0 Å². The van der Waals surface area contributed by atoms with Crippen LogP contribution in [0.1, 0.15) is 20.3 Å². The number of carbonyl (C=O) groups is 3. The summed E-state index contributed by atoms with van der Waals surface area (Å²) in [4.78, 5) is 31.1. The average Bonchev–Trinajstić information content (AvgIpc) is 1.86. The highest BCUT2D eigenvalue weighted by molar-refractivity contribution is 5.88. The molecule has 11 heavy (non-hydrogen) atoms. The number of hydrogen-bond donors (Lipinski definition) is 1. The van der Waals surface area contributed by atoms with E-state index in [-0.39, 0.29) is 18.1 Å². The second-order valence-electron chi connectivity index (χ2n) is 2.27. The molecule has 0 saturated carbocycles. The Hall–Kier alpha value is -1.19. The molecule has 0 aliphatic rings. The minimum absolute atomic E-state index is 0.0505. The fourth-order valence-electron chi connectivity index (χ4n) is 0.668. The Kier molecular flexibility index (Phi) is 4.10. The van der Waals surface area contributed by atoms with E-state index in [2.05, 4.69) is 5.32 Å². The van der Waals surface area contributed by atoms with Crippen molar-refractivity contribution in [3.63, 3.8) is 0 Å². The number of aldehydes is 1. The molecule has 0 heterocycles. The van der Waals surface area contributed by atoms with E-state index in [1.54, 1.807) is 0 Å². The van der Waals surface area contributed by atoms with Crippen LogP contribution < -0.4 is 5.32 Å². The quantitative estimate of drug-likeness (QED) is 0.568. The molecule has 1 amide bonds.